The summed E-state index contributed by atoms with van der Waals surface area (Å²) >= 11 is 0. The number of aliphatic hydroxyl groups excluding tert-OH is 1. The number of aliphatic carboxylic acids is 1. The van der Waals surface area contributed by atoms with E-state index in [1.54, 1.807) is 30.3 Å². The second-order valence-corrected chi connectivity index (χ2v) is 16.6. The van der Waals surface area contributed by atoms with Crippen LogP contribution in [0.3, 0.4) is 0 Å². The summed E-state index contributed by atoms with van der Waals surface area (Å²) in [5.41, 5.74) is 1.81. The van der Waals surface area contributed by atoms with Crippen LogP contribution in [0.1, 0.15) is 98.5 Å². The number of hydrogen-bond donors (Lipinski definition) is 3. The van der Waals surface area contributed by atoms with E-state index in [2.05, 4.69) is 54.2 Å². The summed E-state index contributed by atoms with van der Waals surface area (Å²) < 4.78 is 6.04. The summed E-state index contributed by atoms with van der Waals surface area (Å²) in [5, 5.41) is 31.9. The Bertz CT molecular complexity index is 1450. The molecule has 244 valence electrons. The highest BCUT2D eigenvalue weighted by Crippen LogP contribution is 2.75. The monoisotopic (exact) mass is 616 g/mol. The van der Waals surface area contributed by atoms with Crippen molar-refractivity contribution in [1.82, 2.24) is 0 Å². The van der Waals surface area contributed by atoms with Gasteiger partial charge in [0.05, 0.1) is 11.5 Å². The third kappa shape index (κ3) is 4.52. The number of esters is 1. The summed E-state index contributed by atoms with van der Waals surface area (Å²) in [4.78, 5) is 26.0. The van der Waals surface area contributed by atoms with Crippen molar-refractivity contribution in [2.45, 2.75) is 105 Å². The van der Waals surface area contributed by atoms with Gasteiger partial charge < -0.3 is 20.1 Å². The maximum atomic E-state index is 13.0. The first-order chi connectivity index (χ1) is 21.0. The van der Waals surface area contributed by atoms with Crippen LogP contribution in [0.4, 0.5) is 0 Å². The van der Waals surface area contributed by atoms with Gasteiger partial charge in [-0.15, -0.1) is 0 Å². The lowest BCUT2D eigenvalue weighted by Gasteiger charge is -2.71. The summed E-state index contributed by atoms with van der Waals surface area (Å²) in [7, 11) is 0. The van der Waals surface area contributed by atoms with Crippen molar-refractivity contribution in [1.29, 1.82) is 0 Å². The predicted octanol–water partition coefficient (Wildman–Crippen LogP) is 7.95. The molecular weight excluding hydrogens is 564 g/mol. The number of carbonyl (C=O) groups excluding carboxylic acids is 1. The highest BCUT2D eigenvalue weighted by atomic mass is 16.6. The van der Waals surface area contributed by atoms with Gasteiger partial charge in [0.2, 0.25) is 0 Å². The van der Waals surface area contributed by atoms with Crippen LogP contribution in [0.25, 0.3) is 6.08 Å². The highest BCUT2D eigenvalue weighted by Gasteiger charge is 2.70. The van der Waals surface area contributed by atoms with Gasteiger partial charge in [-0.3, -0.25) is 4.79 Å². The van der Waals surface area contributed by atoms with Crippen molar-refractivity contribution in [3.63, 3.8) is 0 Å². The number of benzene rings is 1. The lowest BCUT2D eigenvalue weighted by molar-refractivity contribution is -0.238. The molecule has 4 saturated carbocycles. The third-order valence-electron chi connectivity index (χ3n) is 14.4. The summed E-state index contributed by atoms with van der Waals surface area (Å²) in [6.07, 6.45) is 10.5. The molecule has 5 aliphatic rings. The molecule has 0 aromatic heterocycles. The van der Waals surface area contributed by atoms with E-state index >= 15 is 0 Å². The molecule has 4 fully saturated rings. The third-order valence-corrected chi connectivity index (χ3v) is 14.4. The number of carboxylic acids is 1. The lowest BCUT2D eigenvalue weighted by Crippen LogP contribution is -2.67. The van der Waals surface area contributed by atoms with Crippen LogP contribution in [0.15, 0.2) is 54.1 Å². The molecule has 0 heterocycles. The Morgan fingerprint density at radius 1 is 1.00 bits per heavy atom. The fraction of sp³-hybridized carbons (Fsp3) is 0.641. The van der Waals surface area contributed by atoms with Crippen LogP contribution in [0.2, 0.25) is 0 Å². The molecule has 1 aromatic rings. The van der Waals surface area contributed by atoms with Crippen LogP contribution in [-0.2, 0) is 14.3 Å². The molecule has 0 amide bonds. The van der Waals surface area contributed by atoms with Gasteiger partial charge in [-0.05, 0) is 109 Å². The van der Waals surface area contributed by atoms with Gasteiger partial charge in [0.15, 0.2) is 0 Å². The van der Waals surface area contributed by atoms with E-state index in [-0.39, 0.29) is 39.7 Å². The quantitative estimate of drug-likeness (QED) is 0.180. The zero-order valence-corrected chi connectivity index (χ0v) is 27.9. The molecular formula is C39H52O6. The van der Waals surface area contributed by atoms with Gasteiger partial charge in [-0.2, -0.15) is 0 Å². The fourth-order valence-corrected chi connectivity index (χ4v) is 11.9. The minimum absolute atomic E-state index is 0.0230. The van der Waals surface area contributed by atoms with Crippen molar-refractivity contribution < 1.29 is 29.6 Å². The van der Waals surface area contributed by atoms with E-state index in [1.807, 2.05) is 0 Å². The van der Waals surface area contributed by atoms with E-state index in [9.17, 15) is 24.9 Å². The van der Waals surface area contributed by atoms with E-state index in [0.29, 0.717) is 25.2 Å². The van der Waals surface area contributed by atoms with E-state index < -0.39 is 35.0 Å². The first-order valence-corrected chi connectivity index (χ1v) is 17.0. The average Bonchev–Trinajstić information content (AvgIpc) is 2.97. The minimum Gasteiger partial charge on any atom is -0.508 e. The Morgan fingerprint density at radius 2 is 1.69 bits per heavy atom. The molecule has 6 rings (SSSR count). The van der Waals surface area contributed by atoms with Crippen LogP contribution in [0, 0.1) is 50.7 Å². The summed E-state index contributed by atoms with van der Waals surface area (Å²) in [6, 6.07) is 6.60. The molecule has 3 N–H and O–H groups in total. The molecule has 1 aromatic carbocycles. The van der Waals surface area contributed by atoms with Crippen molar-refractivity contribution in [3.8, 4) is 5.75 Å². The van der Waals surface area contributed by atoms with E-state index in [1.165, 1.54) is 17.2 Å². The van der Waals surface area contributed by atoms with Crippen LogP contribution in [-0.4, -0.2) is 39.5 Å². The average molecular weight is 617 g/mol. The fourth-order valence-electron chi connectivity index (χ4n) is 11.9. The molecule has 5 aliphatic carbocycles. The van der Waals surface area contributed by atoms with Crippen molar-refractivity contribution in [2.75, 3.05) is 0 Å². The zero-order valence-electron chi connectivity index (χ0n) is 27.9. The summed E-state index contributed by atoms with van der Waals surface area (Å²) in [5.74, 6) is -0.274. The standard InChI is InChI=1S/C39H52O6/c1-23-16-19-39(34(43)44)21-20-37(6)27(32(39)24(23)2)13-14-30-36(5)22-28(41)33(35(3,4)29(36)17-18-38(30,37)7)45-31(42)15-10-25-8-11-26(40)12-9-25/h8-13,15,24,28-30,32-33,40-41H,1,14,16-22H2,2-7H3,(H,43,44). The number of hydrogen-bond acceptors (Lipinski definition) is 5. The van der Waals surface area contributed by atoms with Gasteiger partial charge in [0, 0.05) is 17.4 Å². The Labute approximate surface area is 268 Å². The molecule has 0 bridgehead atoms. The van der Waals surface area contributed by atoms with Gasteiger partial charge in [-0.25, -0.2) is 4.79 Å². The second-order valence-electron chi connectivity index (χ2n) is 16.6. The minimum atomic E-state index is -0.791. The lowest BCUT2D eigenvalue weighted by atomic mass is 9.33. The van der Waals surface area contributed by atoms with Gasteiger partial charge >= 0.3 is 11.9 Å². The van der Waals surface area contributed by atoms with Crippen LogP contribution in [0.5, 0.6) is 5.75 Å². The Kier molecular flexibility index (Phi) is 7.55. The molecule has 0 saturated heterocycles. The number of aliphatic hydroxyl groups is 1. The second kappa shape index (κ2) is 10.6. The number of fused-ring (bicyclic) bond motifs is 7. The molecule has 45 heavy (non-hydrogen) atoms. The first kappa shape index (κ1) is 32.1. The number of rotatable bonds is 4. The number of aromatic hydroxyl groups is 1. The van der Waals surface area contributed by atoms with E-state index in [4.69, 9.17) is 4.74 Å². The number of carbonyl (C=O) groups is 2. The van der Waals surface area contributed by atoms with Crippen molar-refractivity contribution in [3.05, 3.63) is 59.7 Å². The maximum absolute atomic E-state index is 13.0. The molecule has 0 aliphatic heterocycles. The summed E-state index contributed by atoms with van der Waals surface area (Å²) in [6.45, 7) is 18.1. The zero-order chi connectivity index (χ0) is 32.7. The Morgan fingerprint density at radius 3 is 2.36 bits per heavy atom. The molecule has 0 radical (unpaired) electrons. The molecule has 10 unspecified atom stereocenters. The molecule has 10 atom stereocenters. The van der Waals surface area contributed by atoms with Crippen molar-refractivity contribution in [2.24, 2.45) is 50.7 Å². The SMILES string of the molecule is C=C1CCC2(C(=O)O)CCC3(C)C(=CCC4C5(C)CC(O)C(OC(=O)C=Cc6ccc(O)cc6)C(C)(C)C5CCC43C)C2C1C. The number of phenols is 1. The number of ether oxygens (including phenoxy) is 1. The number of allylic oxidation sites excluding steroid dienone is 3. The highest BCUT2D eigenvalue weighted by molar-refractivity contribution is 5.87. The molecule has 0 spiro atoms. The Balaban J connectivity index is 1.30. The smallest absolute Gasteiger partial charge is 0.331 e. The van der Waals surface area contributed by atoms with Crippen molar-refractivity contribution >= 4 is 18.0 Å². The topological polar surface area (TPSA) is 104 Å². The van der Waals surface area contributed by atoms with Crippen LogP contribution < -0.4 is 0 Å². The predicted molar refractivity (Wildman–Crippen MR) is 175 cm³/mol. The normalized spacial score (nSPS) is 43.7. The van der Waals surface area contributed by atoms with Crippen LogP contribution >= 0.6 is 0 Å². The molecule has 6 nitrogen and oxygen atoms in total. The Hall–Kier alpha value is -2.86. The van der Waals surface area contributed by atoms with Gasteiger partial charge in [0.25, 0.3) is 0 Å². The van der Waals surface area contributed by atoms with Gasteiger partial charge in [-0.1, -0.05) is 77.5 Å². The van der Waals surface area contributed by atoms with E-state index in [0.717, 1.165) is 37.7 Å². The largest absolute Gasteiger partial charge is 0.508 e. The number of phenolic OH excluding ortho intramolecular Hbond substituents is 1. The maximum Gasteiger partial charge on any atom is 0.331 e. The number of carboxylic acid groups (broad SMARTS) is 1. The van der Waals surface area contributed by atoms with Gasteiger partial charge in [0.1, 0.15) is 11.9 Å². The first-order valence-electron chi connectivity index (χ1n) is 17.0. The molecule has 6 heteroatoms.